The van der Waals surface area contributed by atoms with Gasteiger partial charge in [0.2, 0.25) is 5.95 Å². The Hall–Kier alpha value is -2.74. The second kappa shape index (κ2) is 6.64. The SMILES string of the molecule is CC1CN(c2ncc(F)c(Nc3ccc4[nH]ncc4c3)n2)CCCN1. The van der Waals surface area contributed by atoms with Crippen LogP contribution in [0.15, 0.2) is 30.6 Å². The van der Waals surface area contributed by atoms with Crippen molar-refractivity contribution in [3.05, 3.63) is 36.4 Å². The van der Waals surface area contributed by atoms with Gasteiger partial charge in [0.1, 0.15) is 0 Å². The van der Waals surface area contributed by atoms with Gasteiger partial charge in [0.25, 0.3) is 0 Å². The summed E-state index contributed by atoms with van der Waals surface area (Å²) < 4.78 is 14.2. The molecule has 0 spiro atoms. The van der Waals surface area contributed by atoms with Crippen LogP contribution in [0.1, 0.15) is 13.3 Å². The molecule has 25 heavy (non-hydrogen) atoms. The molecule has 1 aliphatic rings. The van der Waals surface area contributed by atoms with E-state index in [-0.39, 0.29) is 5.82 Å². The number of nitrogens with one attached hydrogen (secondary N) is 3. The van der Waals surface area contributed by atoms with Crippen molar-refractivity contribution in [3.8, 4) is 0 Å². The van der Waals surface area contributed by atoms with Gasteiger partial charge < -0.3 is 15.5 Å². The second-order valence-electron chi connectivity index (χ2n) is 6.32. The molecule has 130 valence electrons. The molecule has 2 aromatic heterocycles. The minimum atomic E-state index is -0.475. The van der Waals surface area contributed by atoms with Crippen LogP contribution in [0.2, 0.25) is 0 Å². The lowest BCUT2D eigenvalue weighted by atomic mass is 10.2. The predicted octanol–water partition coefficient (Wildman–Crippen LogP) is 2.42. The lowest BCUT2D eigenvalue weighted by Crippen LogP contribution is -2.36. The van der Waals surface area contributed by atoms with E-state index in [1.807, 2.05) is 18.2 Å². The Morgan fingerprint density at radius 3 is 3.16 bits per heavy atom. The molecular formula is C17H20FN7. The molecule has 0 saturated carbocycles. The fourth-order valence-corrected chi connectivity index (χ4v) is 3.04. The minimum Gasteiger partial charge on any atom is -0.339 e. The average molecular weight is 341 g/mol. The summed E-state index contributed by atoms with van der Waals surface area (Å²) in [5, 5.41) is 14.3. The first-order valence-electron chi connectivity index (χ1n) is 8.40. The summed E-state index contributed by atoms with van der Waals surface area (Å²) in [6.45, 7) is 4.74. The highest BCUT2D eigenvalue weighted by molar-refractivity contribution is 5.82. The molecule has 1 atom stereocenters. The molecule has 3 aromatic rings. The van der Waals surface area contributed by atoms with Gasteiger partial charge >= 0.3 is 0 Å². The highest BCUT2D eigenvalue weighted by Crippen LogP contribution is 2.23. The Morgan fingerprint density at radius 1 is 1.32 bits per heavy atom. The van der Waals surface area contributed by atoms with Crippen molar-refractivity contribution in [1.82, 2.24) is 25.5 Å². The molecule has 7 nitrogen and oxygen atoms in total. The fraction of sp³-hybridized carbons (Fsp3) is 0.353. The van der Waals surface area contributed by atoms with Crippen LogP contribution in [0.5, 0.6) is 0 Å². The van der Waals surface area contributed by atoms with Gasteiger partial charge in [0.05, 0.1) is 17.9 Å². The molecule has 8 heteroatoms. The highest BCUT2D eigenvalue weighted by atomic mass is 19.1. The third kappa shape index (κ3) is 3.39. The molecule has 1 unspecified atom stereocenters. The van der Waals surface area contributed by atoms with Crippen molar-refractivity contribution in [2.24, 2.45) is 0 Å². The zero-order valence-corrected chi connectivity index (χ0v) is 14.0. The standard InChI is InChI=1S/C17H20FN7/c1-11-10-25(6-2-5-19-11)17-20-9-14(18)16(23-17)22-13-3-4-15-12(7-13)8-21-24-15/h3-4,7-9,11,19H,2,5-6,10H2,1H3,(H,21,24)(H,20,22,23). The number of H-pyrrole nitrogens is 1. The van der Waals surface area contributed by atoms with Gasteiger partial charge in [-0.3, -0.25) is 5.10 Å². The van der Waals surface area contributed by atoms with Gasteiger partial charge in [0.15, 0.2) is 11.6 Å². The van der Waals surface area contributed by atoms with Crippen molar-refractivity contribution in [1.29, 1.82) is 0 Å². The summed E-state index contributed by atoms with van der Waals surface area (Å²) in [5.41, 5.74) is 1.68. The van der Waals surface area contributed by atoms with Crippen LogP contribution in [0, 0.1) is 5.82 Å². The van der Waals surface area contributed by atoms with Crippen LogP contribution in [-0.4, -0.2) is 45.8 Å². The van der Waals surface area contributed by atoms with Gasteiger partial charge in [-0.05, 0) is 38.1 Å². The number of fused-ring (bicyclic) bond motifs is 1. The summed E-state index contributed by atoms with van der Waals surface area (Å²) in [6, 6.07) is 6.00. The Labute approximate surface area is 144 Å². The average Bonchev–Trinajstić information content (AvgIpc) is 2.96. The smallest absolute Gasteiger partial charge is 0.227 e. The summed E-state index contributed by atoms with van der Waals surface area (Å²) >= 11 is 0. The number of aromatic nitrogens is 4. The molecule has 3 N–H and O–H groups in total. The zero-order valence-electron chi connectivity index (χ0n) is 14.0. The molecule has 0 bridgehead atoms. The summed E-state index contributed by atoms with van der Waals surface area (Å²) in [5.74, 6) is 0.249. The zero-order chi connectivity index (χ0) is 17.2. The maximum absolute atomic E-state index is 14.2. The van der Waals surface area contributed by atoms with E-state index in [4.69, 9.17) is 0 Å². The molecule has 0 amide bonds. The largest absolute Gasteiger partial charge is 0.339 e. The van der Waals surface area contributed by atoms with Gasteiger partial charge in [-0.15, -0.1) is 0 Å². The Morgan fingerprint density at radius 2 is 2.24 bits per heavy atom. The minimum absolute atomic E-state index is 0.178. The van der Waals surface area contributed by atoms with E-state index in [0.29, 0.717) is 12.0 Å². The van der Waals surface area contributed by atoms with Gasteiger partial charge in [0, 0.05) is 30.2 Å². The maximum atomic E-state index is 14.2. The van der Waals surface area contributed by atoms with Gasteiger partial charge in [-0.25, -0.2) is 9.37 Å². The Kier molecular flexibility index (Phi) is 4.19. The van der Waals surface area contributed by atoms with Crippen molar-refractivity contribution in [3.63, 3.8) is 0 Å². The third-order valence-electron chi connectivity index (χ3n) is 4.31. The first-order valence-corrected chi connectivity index (χ1v) is 8.40. The van der Waals surface area contributed by atoms with Crippen molar-refractivity contribution in [2.45, 2.75) is 19.4 Å². The summed E-state index contributed by atoms with van der Waals surface area (Å²) in [4.78, 5) is 10.7. The molecule has 4 rings (SSSR count). The van der Waals surface area contributed by atoms with Gasteiger partial charge in [-0.2, -0.15) is 10.1 Å². The maximum Gasteiger partial charge on any atom is 0.227 e. The Bertz CT molecular complexity index is 878. The lowest BCUT2D eigenvalue weighted by Gasteiger charge is -2.23. The summed E-state index contributed by atoms with van der Waals surface area (Å²) in [6.07, 6.45) is 3.96. The van der Waals surface area contributed by atoms with Gasteiger partial charge in [-0.1, -0.05) is 0 Å². The normalized spacial score (nSPS) is 18.3. The van der Waals surface area contributed by atoms with Crippen molar-refractivity contribution in [2.75, 3.05) is 29.9 Å². The van der Waals surface area contributed by atoms with E-state index in [0.717, 1.165) is 42.6 Å². The second-order valence-corrected chi connectivity index (χ2v) is 6.32. The monoisotopic (exact) mass is 341 g/mol. The van der Waals surface area contributed by atoms with Crippen molar-refractivity contribution < 1.29 is 4.39 Å². The predicted molar refractivity (Wildman–Crippen MR) is 95.7 cm³/mol. The molecule has 1 aliphatic heterocycles. The van der Waals surface area contributed by atoms with E-state index in [1.54, 1.807) is 6.20 Å². The number of aromatic amines is 1. The van der Waals surface area contributed by atoms with Crippen LogP contribution in [-0.2, 0) is 0 Å². The molecular weight excluding hydrogens is 321 g/mol. The number of halogens is 1. The molecule has 1 saturated heterocycles. The number of hydrogen-bond acceptors (Lipinski definition) is 6. The topological polar surface area (TPSA) is 81.8 Å². The first kappa shape index (κ1) is 15.8. The van der Waals surface area contributed by atoms with Crippen molar-refractivity contribution >= 4 is 28.4 Å². The quantitative estimate of drug-likeness (QED) is 0.679. The van der Waals surface area contributed by atoms with Crippen LogP contribution < -0.4 is 15.5 Å². The number of anilines is 3. The molecule has 1 fully saturated rings. The number of hydrogen-bond donors (Lipinski definition) is 3. The van der Waals surface area contributed by atoms with Crippen LogP contribution >= 0.6 is 0 Å². The lowest BCUT2D eigenvalue weighted by molar-refractivity contribution is 0.581. The fourth-order valence-electron chi connectivity index (χ4n) is 3.04. The van der Waals surface area contributed by atoms with E-state index in [9.17, 15) is 4.39 Å². The number of benzene rings is 1. The molecule has 0 aliphatic carbocycles. The van der Waals surface area contributed by atoms with E-state index in [2.05, 4.69) is 42.6 Å². The third-order valence-corrected chi connectivity index (χ3v) is 4.31. The molecule has 1 aromatic carbocycles. The van der Waals surface area contributed by atoms with E-state index in [1.165, 1.54) is 6.20 Å². The number of nitrogens with zero attached hydrogens (tertiary/aromatic N) is 4. The van der Waals surface area contributed by atoms with Crippen LogP contribution in [0.4, 0.5) is 21.8 Å². The van der Waals surface area contributed by atoms with Crippen LogP contribution in [0.25, 0.3) is 10.9 Å². The molecule has 3 heterocycles. The number of rotatable bonds is 3. The summed E-state index contributed by atoms with van der Waals surface area (Å²) in [7, 11) is 0. The highest BCUT2D eigenvalue weighted by Gasteiger charge is 2.18. The van der Waals surface area contributed by atoms with Crippen LogP contribution in [0.3, 0.4) is 0 Å². The first-order chi connectivity index (χ1) is 12.2. The Balaban J connectivity index is 1.60. The molecule has 0 radical (unpaired) electrons. The van der Waals surface area contributed by atoms with E-state index < -0.39 is 5.82 Å². The van der Waals surface area contributed by atoms with E-state index >= 15 is 0 Å².